The third kappa shape index (κ3) is 2.99. The summed E-state index contributed by atoms with van der Waals surface area (Å²) in [5.41, 5.74) is -0.588. The van der Waals surface area contributed by atoms with E-state index >= 15 is 0 Å². The maximum absolute atomic E-state index is 13.8. The highest BCUT2D eigenvalue weighted by atomic mass is 16.6. The van der Waals surface area contributed by atoms with Gasteiger partial charge in [0, 0.05) is 0 Å². The van der Waals surface area contributed by atoms with Crippen LogP contribution in [0.5, 0.6) is 0 Å². The number of hydrogen-bond donors (Lipinski definition) is 0. The number of carbonyl (C=O) groups is 2. The molecule has 0 radical (unpaired) electrons. The Morgan fingerprint density at radius 3 is 1.50 bits per heavy atom. The third-order valence-corrected chi connectivity index (χ3v) is 10.9. The summed E-state index contributed by atoms with van der Waals surface area (Å²) in [4.78, 5) is 27.6. The monoisotopic (exact) mass is 440 g/mol. The first kappa shape index (κ1) is 21.2. The van der Waals surface area contributed by atoms with E-state index in [2.05, 4.69) is 26.0 Å². The summed E-state index contributed by atoms with van der Waals surface area (Å²) >= 11 is 0. The molecule has 0 aromatic rings. The van der Waals surface area contributed by atoms with Crippen LogP contribution in [0.25, 0.3) is 0 Å². The molecule has 8 atom stereocenters. The van der Waals surface area contributed by atoms with Crippen molar-refractivity contribution in [2.45, 2.75) is 102 Å². The van der Waals surface area contributed by atoms with Crippen molar-refractivity contribution in [3.63, 3.8) is 0 Å². The summed E-state index contributed by atoms with van der Waals surface area (Å²) in [6.45, 7) is 4.29. The van der Waals surface area contributed by atoms with Gasteiger partial charge in [-0.1, -0.05) is 26.0 Å². The van der Waals surface area contributed by atoms with E-state index in [1.54, 1.807) is 0 Å². The molecule has 0 spiro atoms. The van der Waals surface area contributed by atoms with Crippen molar-refractivity contribution >= 4 is 11.9 Å². The molecule has 0 heterocycles. The quantitative estimate of drug-likeness (QED) is 0.296. The third-order valence-electron chi connectivity index (χ3n) is 10.9. The highest BCUT2D eigenvalue weighted by Crippen LogP contribution is 2.69. The predicted molar refractivity (Wildman–Crippen MR) is 121 cm³/mol. The molecular formula is C28H40O4. The Hall–Kier alpha value is -1.32. The fourth-order valence-corrected chi connectivity index (χ4v) is 9.34. The van der Waals surface area contributed by atoms with Gasteiger partial charge in [-0.3, -0.25) is 9.59 Å². The summed E-state index contributed by atoms with van der Waals surface area (Å²) in [6, 6.07) is 0. The lowest BCUT2D eigenvalue weighted by molar-refractivity contribution is -0.183. The van der Waals surface area contributed by atoms with Crippen molar-refractivity contribution in [1.29, 1.82) is 0 Å². The summed E-state index contributed by atoms with van der Waals surface area (Å²) in [5.74, 6) is 2.22. The summed E-state index contributed by atoms with van der Waals surface area (Å²) in [7, 11) is 0. The number of allylic oxidation sites excluding steroid dienone is 2. The van der Waals surface area contributed by atoms with E-state index < -0.39 is 0 Å². The van der Waals surface area contributed by atoms with E-state index in [9.17, 15) is 9.59 Å². The van der Waals surface area contributed by atoms with Crippen LogP contribution >= 0.6 is 0 Å². The van der Waals surface area contributed by atoms with Gasteiger partial charge in [0.1, 0.15) is 11.2 Å². The molecule has 5 fully saturated rings. The number of hydrogen-bond acceptors (Lipinski definition) is 4. The van der Waals surface area contributed by atoms with Gasteiger partial charge >= 0.3 is 11.9 Å². The lowest BCUT2D eigenvalue weighted by Crippen LogP contribution is -2.48. The Bertz CT molecular complexity index is 738. The summed E-state index contributed by atoms with van der Waals surface area (Å²) < 4.78 is 12.7. The first-order chi connectivity index (χ1) is 15.5. The van der Waals surface area contributed by atoms with Crippen LogP contribution in [0, 0.1) is 47.3 Å². The standard InChI is InChI=1S/C28H40O4/c1-3-27(11-5-6-12-27)31-25(29)23-19-16-20(22-18-10-9-17(15-18)21(19)22)24(23)26(30)32-28(4-2)13-7-8-14-28/h9-10,17-24H,3-8,11-16H2,1-2H3. The number of fused-ring (bicyclic) bond motifs is 9. The molecule has 0 saturated heterocycles. The van der Waals surface area contributed by atoms with Crippen molar-refractivity contribution in [2.24, 2.45) is 47.3 Å². The second-order valence-electron chi connectivity index (χ2n) is 12.0. The first-order valence-corrected chi connectivity index (χ1v) is 13.6. The predicted octanol–water partition coefficient (Wildman–Crippen LogP) is 5.84. The van der Waals surface area contributed by atoms with Gasteiger partial charge < -0.3 is 9.47 Å². The lowest BCUT2D eigenvalue weighted by Gasteiger charge is -2.42. The molecule has 176 valence electrons. The molecule has 32 heavy (non-hydrogen) atoms. The molecule has 6 aliphatic rings. The van der Waals surface area contributed by atoms with Crippen molar-refractivity contribution < 1.29 is 19.1 Å². The van der Waals surface area contributed by atoms with Crippen LogP contribution in [0.4, 0.5) is 0 Å². The van der Waals surface area contributed by atoms with Crippen LogP contribution in [0.3, 0.4) is 0 Å². The minimum absolute atomic E-state index is 0.0784. The Labute approximate surface area is 192 Å². The maximum Gasteiger partial charge on any atom is 0.310 e. The number of rotatable bonds is 6. The van der Waals surface area contributed by atoms with Gasteiger partial charge in [0.15, 0.2) is 0 Å². The maximum atomic E-state index is 13.8. The first-order valence-electron chi connectivity index (χ1n) is 13.6. The fourth-order valence-electron chi connectivity index (χ4n) is 9.34. The molecule has 8 unspecified atom stereocenters. The van der Waals surface area contributed by atoms with E-state index in [0.29, 0.717) is 35.5 Å². The van der Waals surface area contributed by atoms with E-state index in [1.807, 2.05) is 0 Å². The van der Waals surface area contributed by atoms with Gasteiger partial charge in [0.25, 0.3) is 0 Å². The molecule has 4 nitrogen and oxygen atoms in total. The van der Waals surface area contributed by atoms with Gasteiger partial charge in [0.2, 0.25) is 0 Å². The number of esters is 2. The van der Waals surface area contributed by atoms with Gasteiger partial charge in [-0.2, -0.15) is 0 Å². The van der Waals surface area contributed by atoms with Crippen molar-refractivity contribution in [3.05, 3.63) is 12.2 Å². The van der Waals surface area contributed by atoms with E-state index in [-0.39, 0.29) is 35.0 Å². The van der Waals surface area contributed by atoms with Crippen LogP contribution in [0.15, 0.2) is 12.2 Å². The second kappa shape index (κ2) is 7.60. The number of ether oxygens (including phenoxy) is 2. The SMILES string of the molecule is CCC1(OC(=O)C2C3CC(C2C(=O)OC2(CC)CCCC2)C2C4C=CC(C4)C32)CCCC1. The van der Waals surface area contributed by atoms with Crippen LogP contribution in [-0.4, -0.2) is 23.1 Å². The molecule has 4 heteroatoms. The molecule has 4 bridgehead atoms. The largest absolute Gasteiger partial charge is 0.459 e. The van der Waals surface area contributed by atoms with Crippen LogP contribution in [-0.2, 0) is 19.1 Å². The molecule has 0 aromatic heterocycles. The van der Waals surface area contributed by atoms with E-state index in [0.717, 1.165) is 70.6 Å². The molecule has 5 saturated carbocycles. The average Bonchev–Trinajstić information content (AvgIpc) is 3.61. The van der Waals surface area contributed by atoms with Crippen LogP contribution in [0.2, 0.25) is 0 Å². The highest BCUT2D eigenvalue weighted by molar-refractivity contribution is 5.84. The van der Waals surface area contributed by atoms with Crippen molar-refractivity contribution in [2.75, 3.05) is 0 Å². The molecule has 0 aliphatic heterocycles. The zero-order valence-electron chi connectivity index (χ0n) is 19.9. The zero-order chi connectivity index (χ0) is 22.1. The Morgan fingerprint density at radius 1 is 0.719 bits per heavy atom. The van der Waals surface area contributed by atoms with Crippen LogP contribution < -0.4 is 0 Å². The molecule has 0 aromatic carbocycles. The minimum Gasteiger partial charge on any atom is -0.459 e. The minimum atomic E-state index is -0.294. The normalized spacial score (nSPS) is 44.2. The fraction of sp³-hybridized carbons (Fsp3) is 0.857. The second-order valence-corrected chi connectivity index (χ2v) is 12.0. The van der Waals surface area contributed by atoms with Gasteiger partial charge in [-0.15, -0.1) is 0 Å². The van der Waals surface area contributed by atoms with Crippen LogP contribution in [0.1, 0.15) is 90.9 Å². The number of carbonyl (C=O) groups excluding carboxylic acids is 2. The average molecular weight is 441 g/mol. The van der Waals surface area contributed by atoms with E-state index in [4.69, 9.17) is 9.47 Å². The zero-order valence-corrected chi connectivity index (χ0v) is 19.9. The Morgan fingerprint density at radius 2 is 1.12 bits per heavy atom. The molecule has 0 amide bonds. The molecule has 6 rings (SSSR count). The molecule has 6 aliphatic carbocycles. The highest BCUT2D eigenvalue weighted by Gasteiger charge is 2.69. The smallest absolute Gasteiger partial charge is 0.310 e. The van der Waals surface area contributed by atoms with Crippen molar-refractivity contribution in [3.8, 4) is 0 Å². The Kier molecular flexibility index (Phi) is 5.04. The van der Waals surface area contributed by atoms with Gasteiger partial charge in [-0.05, 0) is 113 Å². The Balaban J connectivity index is 1.29. The van der Waals surface area contributed by atoms with Gasteiger partial charge in [-0.25, -0.2) is 0 Å². The summed E-state index contributed by atoms with van der Waals surface area (Å²) in [5, 5.41) is 0. The molecule has 0 N–H and O–H groups in total. The van der Waals surface area contributed by atoms with E-state index in [1.165, 1.54) is 6.42 Å². The lowest BCUT2D eigenvalue weighted by atomic mass is 9.64. The topological polar surface area (TPSA) is 52.6 Å². The summed E-state index contributed by atoms with van der Waals surface area (Å²) in [6.07, 6.45) is 17.3. The van der Waals surface area contributed by atoms with Crippen molar-refractivity contribution in [1.82, 2.24) is 0 Å². The van der Waals surface area contributed by atoms with Gasteiger partial charge in [0.05, 0.1) is 11.8 Å². The molecular weight excluding hydrogens is 400 g/mol.